The molecule has 8 heteroatoms. The van der Waals surface area contributed by atoms with Crippen LogP contribution in [-0.4, -0.2) is 44.9 Å². The lowest BCUT2D eigenvalue weighted by Gasteiger charge is -2.27. The van der Waals surface area contributed by atoms with E-state index >= 15 is 0 Å². The summed E-state index contributed by atoms with van der Waals surface area (Å²) in [5.74, 6) is -0.141. The maximum atomic E-state index is 13.0. The predicted octanol–water partition coefficient (Wildman–Crippen LogP) is 2.58. The number of amides is 1. The molecule has 0 bridgehead atoms. The van der Waals surface area contributed by atoms with Gasteiger partial charge in [0.05, 0.1) is 23.0 Å². The molecule has 0 saturated carbocycles. The topological polar surface area (TPSA) is 75.7 Å². The fraction of sp³-hybridized carbons (Fsp3) is 0.450. The minimum Gasteiger partial charge on any atom is -0.379 e. The smallest absolute Gasteiger partial charge is 0.261 e. The van der Waals surface area contributed by atoms with Gasteiger partial charge in [-0.05, 0) is 48.9 Å². The average molecular weight is 421 g/mol. The number of carbonyl (C=O) groups excluding carboxylic acids is 1. The second-order valence-electron chi connectivity index (χ2n) is 7.07. The number of nitrogens with one attached hydrogen (secondary N) is 1. The second-order valence-corrected chi connectivity index (χ2v) is 10.1. The van der Waals surface area contributed by atoms with Gasteiger partial charge in [0.25, 0.3) is 5.91 Å². The van der Waals surface area contributed by atoms with Crippen molar-refractivity contribution in [1.29, 1.82) is 0 Å². The summed E-state index contributed by atoms with van der Waals surface area (Å²) in [6, 6.07) is 8.86. The normalized spacial score (nSPS) is 17.9. The molecule has 1 aliphatic heterocycles. The maximum Gasteiger partial charge on any atom is 0.261 e. The molecule has 1 fully saturated rings. The van der Waals surface area contributed by atoms with Crippen LogP contribution in [0.2, 0.25) is 0 Å². The molecule has 1 aliphatic carbocycles. The maximum absolute atomic E-state index is 13.0. The third-order valence-electron chi connectivity index (χ3n) is 5.22. The molecule has 0 spiro atoms. The first-order valence-corrected chi connectivity index (χ1v) is 11.9. The van der Waals surface area contributed by atoms with Crippen molar-refractivity contribution in [2.45, 2.75) is 37.1 Å². The molecule has 2 heterocycles. The number of carbonyl (C=O) groups is 1. The van der Waals surface area contributed by atoms with Crippen molar-refractivity contribution in [2.75, 3.05) is 26.3 Å². The summed E-state index contributed by atoms with van der Waals surface area (Å²) in [5, 5.41) is 2.90. The highest BCUT2D eigenvalue weighted by atomic mass is 32.2. The van der Waals surface area contributed by atoms with E-state index in [0.29, 0.717) is 36.7 Å². The molecule has 1 saturated heterocycles. The third kappa shape index (κ3) is 4.00. The monoisotopic (exact) mass is 420 g/mol. The minimum absolute atomic E-state index is 0.141. The van der Waals surface area contributed by atoms with Crippen molar-refractivity contribution in [3.63, 3.8) is 0 Å². The Morgan fingerprint density at radius 3 is 2.68 bits per heavy atom. The molecule has 150 valence electrons. The molecular weight excluding hydrogens is 396 g/mol. The van der Waals surface area contributed by atoms with Crippen LogP contribution in [0.25, 0.3) is 0 Å². The number of fused-ring (bicyclic) bond motifs is 1. The molecule has 1 aromatic heterocycles. The van der Waals surface area contributed by atoms with E-state index in [0.717, 1.165) is 12.8 Å². The summed E-state index contributed by atoms with van der Waals surface area (Å²) in [5.41, 5.74) is 1.89. The van der Waals surface area contributed by atoms with Gasteiger partial charge in [0.15, 0.2) is 0 Å². The van der Waals surface area contributed by atoms with Crippen molar-refractivity contribution in [2.24, 2.45) is 0 Å². The zero-order chi connectivity index (χ0) is 19.6. The van der Waals surface area contributed by atoms with Gasteiger partial charge < -0.3 is 10.1 Å². The molecule has 28 heavy (non-hydrogen) atoms. The Morgan fingerprint density at radius 2 is 1.89 bits per heavy atom. The standard InChI is InChI=1S/C20H24N2O4S2/c23-20(18-13-15-5-1-3-7-17(15)27-18)21-14-16-6-2-4-8-19(16)28(24,25)22-9-11-26-12-10-22/h2,4,6,8,13H,1,3,5,7,9-12,14H2,(H,21,23). The van der Waals surface area contributed by atoms with Gasteiger partial charge in [-0.2, -0.15) is 4.31 Å². The third-order valence-corrected chi connectivity index (χ3v) is 8.46. The van der Waals surface area contributed by atoms with Crippen LogP contribution in [0.4, 0.5) is 0 Å². The summed E-state index contributed by atoms with van der Waals surface area (Å²) in [6.07, 6.45) is 4.45. The van der Waals surface area contributed by atoms with Gasteiger partial charge in [0, 0.05) is 24.5 Å². The molecule has 6 nitrogen and oxygen atoms in total. The van der Waals surface area contributed by atoms with Crippen LogP contribution in [0.15, 0.2) is 35.2 Å². The number of nitrogens with zero attached hydrogens (tertiary/aromatic N) is 1. The quantitative estimate of drug-likeness (QED) is 0.807. The second kappa shape index (κ2) is 8.32. The zero-order valence-electron chi connectivity index (χ0n) is 15.6. The minimum atomic E-state index is -3.60. The number of rotatable bonds is 5. The van der Waals surface area contributed by atoms with Crippen LogP contribution in [-0.2, 0) is 34.1 Å². The first kappa shape index (κ1) is 19.6. The first-order chi connectivity index (χ1) is 13.6. The van der Waals surface area contributed by atoms with Crippen LogP contribution in [0.5, 0.6) is 0 Å². The summed E-state index contributed by atoms with van der Waals surface area (Å²) < 4.78 is 32.7. The number of benzene rings is 1. The van der Waals surface area contributed by atoms with E-state index in [1.54, 1.807) is 35.6 Å². The Morgan fingerprint density at radius 1 is 1.14 bits per heavy atom. The predicted molar refractivity (Wildman–Crippen MR) is 108 cm³/mol. The van der Waals surface area contributed by atoms with E-state index in [2.05, 4.69) is 5.32 Å². The van der Waals surface area contributed by atoms with Crippen molar-refractivity contribution in [1.82, 2.24) is 9.62 Å². The van der Waals surface area contributed by atoms with E-state index in [1.807, 2.05) is 6.07 Å². The highest BCUT2D eigenvalue weighted by Crippen LogP contribution is 2.29. The number of ether oxygens (including phenoxy) is 1. The number of sulfonamides is 1. The van der Waals surface area contributed by atoms with Crippen LogP contribution in [0, 0.1) is 0 Å². The number of hydrogen-bond acceptors (Lipinski definition) is 5. The van der Waals surface area contributed by atoms with Gasteiger partial charge >= 0.3 is 0 Å². The molecule has 2 aliphatic rings. The molecule has 1 N–H and O–H groups in total. The molecule has 1 amide bonds. The lowest BCUT2D eigenvalue weighted by atomic mass is 9.99. The fourth-order valence-electron chi connectivity index (χ4n) is 3.69. The molecule has 4 rings (SSSR count). The van der Waals surface area contributed by atoms with Crippen molar-refractivity contribution in [3.8, 4) is 0 Å². The lowest BCUT2D eigenvalue weighted by molar-refractivity contribution is 0.0730. The lowest BCUT2D eigenvalue weighted by Crippen LogP contribution is -2.41. The number of aryl methyl sites for hydroxylation is 2. The molecule has 0 unspecified atom stereocenters. The largest absolute Gasteiger partial charge is 0.379 e. The van der Waals surface area contributed by atoms with E-state index in [1.165, 1.54) is 27.6 Å². The highest BCUT2D eigenvalue weighted by molar-refractivity contribution is 7.89. The Balaban J connectivity index is 1.49. The van der Waals surface area contributed by atoms with Gasteiger partial charge in [-0.15, -0.1) is 11.3 Å². The Labute approximate surface area is 169 Å². The highest BCUT2D eigenvalue weighted by Gasteiger charge is 2.28. The fourth-order valence-corrected chi connectivity index (χ4v) is 6.49. The number of morpholine rings is 1. The zero-order valence-corrected chi connectivity index (χ0v) is 17.3. The summed E-state index contributed by atoms with van der Waals surface area (Å²) in [6.45, 7) is 1.69. The Hall–Kier alpha value is -1.74. The molecule has 0 atom stereocenters. The Bertz CT molecular complexity index is 939. The summed E-state index contributed by atoms with van der Waals surface area (Å²) >= 11 is 1.56. The van der Waals surface area contributed by atoms with Gasteiger partial charge in [0.1, 0.15) is 0 Å². The van der Waals surface area contributed by atoms with Crippen molar-refractivity contribution >= 4 is 27.3 Å². The van der Waals surface area contributed by atoms with Gasteiger partial charge in [0.2, 0.25) is 10.0 Å². The SMILES string of the molecule is O=C(NCc1ccccc1S(=O)(=O)N1CCOCC1)c1cc2c(s1)CCCC2. The average Bonchev–Trinajstić information content (AvgIpc) is 3.17. The van der Waals surface area contributed by atoms with Crippen molar-refractivity contribution in [3.05, 3.63) is 51.2 Å². The molecule has 1 aromatic carbocycles. The molecule has 0 radical (unpaired) electrons. The Kier molecular flexibility index (Phi) is 5.82. The molecule has 2 aromatic rings. The van der Waals surface area contributed by atoms with E-state index in [9.17, 15) is 13.2 Å². The number of thiophene rings is 1. The van der Waals surface area contributed by atoms with Crippen LogP contribution in [0.1, 0.15) is 38.5 Å². The summed E-state index contributed by atoms with van der Waals surface area (Å²) in [4.78, 5) is 14.9. The van der Waals surface area contributed by atoms with Crippen molar-refractivity contribution < 1.29 is 17.9 Å². The number of hydrogen-bond donors (Lipinski definition) is 1. The van der Waals surface area contributed by atoms with Gasteiger partial charge in [-0.25, -0.2) is 8.42 Å². The van der Waals surface area contributed by atoms with Crippen LogP contribution in [0.3, 0.4) is 0 Å². The van der Waals surface area contributed by atoms with Crippen LogP contribution >= 0.6 is 11.3 Å². The first-order valence-electron chi connectivity index (χ1n) is 9.61. The van der Waals surface area contributed by atoms with Gasteiger partial charge in [-0.3, -0.25) is 4.79 Å². The summed E-state index contributed by atoms with van der Waals surface area (Å²) in [7, 11) is -3.60. The van der Waals surface area contributed by atoms with Crippen LogP contribution < -0.4 is 5.32 Å². The van der Waals surface area contributed by atoms with E-state index in [-0.39, 0.29) is 17.3 Å². The van der Waals surface area contributed by atoms with E-state index in [4.69, 9.17) is 4.74 Å². The van der Waals surface area contributed by atoms with Gasteiger partial charge in [-0.1, -0.05) is 18.2 Å². The molecular formula is C20H24N2O4S2. The van der Waals surface area contributed by atoms with E-state index < -0.39 is 10.0 Å².